The minimum Gasteiger partial charge on any atom is -0.368 e. The third kappa shape index (κ3) is 7.11. The molecule has 0 aliphatic rings. The first kappa shape index (κ1) is 22.8. The summed E-state index contributed by atoms with van der Waals surface area (Å²) in [4.78, 5) is 39.8. The molecule has 2 N–H and O–H groups in total. The van der Waals surface area contributed by atoms with Gasteiger partial charge in [-0.05, 0) is 18.8 Å². The number of nitrogens with two attached hydrogens (primary N) is 1. The maximum atomic E-state index is 13.0. The van der Waals surface area contributed by atoms with Crippen LogP contribution in [0.2, 0.25) is 0 Å². The molecule has 0 spiro atoms. The van der Waals surface area contributed by atoms with Gasteiger partial charge in [-0.15, -0.1) is 11.8 Å². The highest BCUT2D eigenvalue weighted by molar-refractivity contribution is 8.01. The number of carbonyl (C=O) groups excluding carboxylic acids is 3. The maximum Gasteiger partial charge on any atom is 0.256 e. The summed E-state index contributed by atoms with van der Waals surface area (Å²) in [6, 6.07) is -0.664. The van der Waals surface area contributed by atoms with Gasteiger partial charge in [-0.3, -0.25) is 14.4 Å². The van der Waals surface area contributed by atoms with Crippen LogP contribution < -0.4 is 5.73 Å². The molecule has 140 valence electrons. The van der Waals surface area contributed by atoms with Crippen LogP contribution in [0.5, 0.6) is 0 Å². The Bertz CT molecular complexity index is 441. The van der Waals surface area contributed by atoms with Crippen LogP contribution in [0.4, 0.5) is 0 Å². The standard InChI is InChI=1S/C17H33N3O3S/c1-8-9-14(21)20(7)17(24-12(4)5)16(23)19(6)13(15(18)22)10-11(2)3/h11-13,17H,8-10H2,1-7H3,(H2,18,22)/t13-,17+/m0/s1. The van der Waals surface area contributed by atoms with Gasteiger partial charge in [0.1, 0.15) is 6.04 Å². The van der Waals surface area contributed by atoms with Gasteiger partial charge in [0.25, 0.3) is 5.91 Å². The molecule has 0 aromatic carbocycles. The molecule has 0 unspecified atom stereocenters. The smallest absolute Gasteiger partial charge is 0.256 e. The van der Waals surface area contributed by atoms with E-state index in [2.05, 4.69) is 0 Å². The summed E-state index contributed by atoms with van der Waals surface area (Å²) in [5.74, 6) is -0.620. The summed E-state index contributed by atoms with van der Waals surface area (Å²) in [5, 5.41) is -0.482. The van der Waals surface area contributed by atoms with Crippen molar-refractivity contribution in [2.45, 2.75) is 70.5 Å². The highest BCUT2D eigenvalue weighted by Gasteiger charge is 2.34. The number of hydrogen-bond acceptors (Lipinski definition) is 4. The molecule has 0 fully saturated rings. The lowest BCUT2D eigenvalue weighted by atomic mass is 10.0. The number of amides is 3. The van der Waals surface area contributed by atoms with E-state index in [0.717, 1.165) is 6.42 Å². The molecule has 2 atom stereocenters. The molecule has 0 aliphatic carbocycles. The van der Waals surface area contributed by atoms with Crippen LogP contribution in [0.25, 0.3) is 0 Å². The second-order valence-electron chi connectivity index (χ2n) is 6.79. The van der Waals surface area contributed by atoms with Crippen LogP contribution in [0.15, 0.2) is 0 Å². The Labute approximate surface area is 150 Å². The average Bonchev–Trinajstić information content (AvgIpc) is 2.47. The number of primary amides is 1. The van der Waals surface area contributed by atoms with E-state index >= 15 is 0 Å². The lowest BCUT2D eigenvalue weighted by Gasteiger charge is -2.34. The van der Waals surface area contributed by atoms with Crippen LogP contribution in [0, 0.1) is 5.92 Å². The van der Waals surface area contributed by atoms with Gasteiger partial charge in [-0.2, -0.15) is 0 Å². The Morgan fingerprint density at radius 1 is 1.04 bits per heavy atom. The fourth-order valence-corrected chi connectivity index (χ4v) is 3.43. The molecule has 0 rings (SSSR count). The molecular weight excluding hydrogens is 326 g/mol. The van der Waals surface area contributed by atoms with Crippen molar-refractivity contribution in [3.05, 3.63) is 0 Å². The van der Waals surface area contributed by atoms with Crippen molar-refractivity contribution in [2.75, 3.05) is 14.1 Å². The summed E-state index contributed by atoms with van der Waals surface area (Å²) in [6.07, 6.45) is 1.63. The van der Waals surface area contributed by atoms with Crippen molar-refractivity contribution in [2.24, 2.45) is 11.7 Å². The van der Waals surface area contributed by atoms with Crippen molar-refractivity contribution >= 4 is 29.5 Å². The van der Waals surface area contributed by atoms with Gasteiger partial charge in [0.2, 0.25) is 11.8 Å². The van der Waals surface area contributed by atoms with Crippen LogP contribution in [-0.4, -0.2) is 58.3 Å². The second kappa shape index (κ2) is 10.6. The van der Waals surface area contributed by atoms with E-state index in [1.165, 1.54) is 21.6 Å². The SMILES string of the molecule is CCCC(=O)N(C)[C@H](SC(C)C)C(=O)N(C)[C@@H](CC(C)C)C(N)=O. The van der Waals surface area contributed by atoms with Crippen molar-refractivity contribution in [3.8, 4) is 0 Å². The molecule has 24 heavy (non-hydrogen) atoms. The molecule has 7 heteroatoms. The van der Waals surface area contributed by atoms with E-state index in [1.807, 2.05) is 34.6 Å². The fraction of sp³-hybridized carbons (Fsp3) is 0.824. The van der Waals surface area contributed by atoms with Crippen LogP contribution in [-0.2, 0) is 14.4 Å². The second-order valence-corrected chi connectivity index (χ2v) is 8.45. The van der Waals surface area contributed by atoms with E-state index in [4.69, 9.17) is 5.73 Å². The Balaban J connectivity index is 5.40. The topological polar surface area (TPSA) is 83.7 Å². The van der Waals surface area contributed by atoms with Crippen LogP contribution in [0.1, 0.15) is 53.9 Å². The molecule has 0 aliphatic heterocycles. The predicted molar refractivity (Wildman–Crippen MR) is 99.4 cm³/mol. The van der Waals surface area contributed by atoms with Crippen molar-refractivity contribution in [1.29, 1.82) is 0 Å². The van der Waals surface area contributed by atoms with E-state index in [1.54, 1.807) is 14.1 Å². The van der Waals surface area contributed by atoms with Crippen molar-refractivity contribution < 1.29 is 14.4 Å². The molecule has 0 saturated heterocycles. The first-order valence-corrected chi connectivity index (χ1v) is 9.44. The van der Waals surface area contributed by atoms with Gasteiger partial charge in [0, 0.05) is 25.8 Å². The number of thioether (sulfide) groups is 1. The van der Waals surface area contributed by atoms with Crippen LogP contribution >= 0.6 is 11.8 Å². The quantitative estimate of drug-likeness (QED) is 0.605. The van der Waals surface area contributed by atoms with E-state index in [0.29, 0.717) is 12.8 Å². The molecule has 0 bridgehead atoms. The zero-order chi connectivity index (χ0) is 19.0. The van der Waals surface area contributed by atoms with Gasteiger partial charge < -0.3 is 15.5 Å². The zero-order valence-corrected chi connectivity index (χ0v) is 16.9. The van der Waals surface area contributed by atoms with Crippen molar-refractivity contribution in [3.63, 3.8) is 0 Å². The lowest BCUT2D eigenvalue weighted by molar-refractivity contribution is -0.144. The summed E-state index contributed by atoms with van der Waals surface area (Å²) in [5.41, 5.74) is 5.49. The Hall–Kier alpha value is -1.24. The molecule has 0 radical (unpaired) electrons. The third-order valence-electron chi connectivity index (χ3n) is 3.66. The molecule has 0 aromatic rings. The molecular formula is C17H33N3O3S. The van der Waals surface area contributed by atoms with Gasteiger partial charge in [0.15, 0.2) is 5.37 Å². The first-order chi connectivity index (χ1) is 11.0. The lowest BCUT2D eigenvalue weighted by Crippen LogP contribution is -2.53. The first-order valence-electron chi connectivity index (χ1n) is 8.49. The number of rotatable bonds is 10. The largest absolute Gasteiger partial charge is 0.368 e. The van der Waals surface area contributed by atoms with Gasteiger partial charge >= 0.3 is 0 Å². The minimum atomic E-state index is -0.664. The predicted octanol–water partition coefficient (Wildman–Crippen LogP) is 2.07. The molecule has 0 saturated carbocycles. The number of carbonyl (C=O) groups is 3. The molecule has 3 amide bonds. The minimum absolute atomic E-state index is 0.0723. The van der Waals surface area contributed by atoms with E-state index in [9.17, 15) is 14.4 Å². The van der Waals surface area contributed by atoms with Gasteiger partial charge in [-0.1, -0.05) is 34.6 Å². The molecule has 6 nitrogen and oxygen atoms in total. The monoisotopic (exact) mass is 359 g/mol. The fourth-order valence-electron chi connectivity index (χ4n) is 2.33. The van der Waals surface area contributed by atoms with E-state index < -0.39 is 17.3 Å². The normalized spacial score (nSPS) is 13.7. The van der Waals surface area contributed by atoms with E-state index in [-0.39, 0.29) is 23.0 Å². The molecule has 0 aromatic heterocycles. The Morgan fingerprint density at radius 3 is 1.96 bits per heavy atom. The van der Waals surface area contributed by atoms with Gasteiger partial charge in [0.05, 0.1) is 0 Å². The van der Waals surface area contributed by atoms with Crippen molar-refractivity contribution in [1.82, 2.24) is 9.80 Å². The zero-order valence-electron chi connectivity index (χ0n) is 16.0. The highest BCUT2D eigenvalue weighted by atomic mass is 32.2. The summed E-state index contributed by atoms with van der Waals surface area (Å²) in [7, 11) is 3.23. The number of likely N-dealkylation sites (N-methyl/N-ethyl adjacent to an activating group) is 2. The van der Waals surface area contributed by atoms with Crippen LogP contribution in [0.3, 0.4) is 0 Å². The summed E-state index contributed by atoms with van der Waals surface area (Å²) < 4.78 is 0. The number of nitrogens with zero attached hydrogens (tertiary/aromatic N) is 2. The third-order valence-corrected chi connectivity index (χ3v) is 4.98. The summed E-state index contributed by atoms with van der Waals surface area (Å²) in [6.45, 7) is 9.83. The average molecular weight is 360 g/mol. The Morgan fingerprint density at radius 2 is 1.58 bits per heavy atom. The van der Waals surface area contributed by atoms with Gasteiger partial charge in [-0.25, -0.2) is 0 Å². The maximum absolute atomic E-state index is 13.0. The summed E-state index contributed by atoms with van der Waals surface area (Å²) >= 11 is 1.41. The number of hydrogen-bond donors (Lipinski definition) is 1. The highest BCUT2D eigenvalue weighted by Crippen LogP contribution is 2.24. The Kier molecular flexibility index (Phi) is 10.0. The molecule has 0 heterocycles.